The van der Waals surface area contributed by atoms with E-state index in [9.17, 15) is 8.60 Å². The number of thiazole rings is 1. The number of hydrogen-bond donors (Lipinski definition) is 0. The molecular weight excluding hydrogens is 393 g/mol. The van der Waals surface area contributed by atoms with Crippen molar-refractivity contribution in [2.45, 2.75) is 4.90 Å². The topological polar surface area (TPSA) is 55.2 Å². The lowest BCUT2D eigenvalue weighted by molar-refractivity contribution is 0.628. The Balaban J connectivity index is 1.67. The van der Waals surface area contributed by atoms with Crippen molar-refractivity contribution in [3.05, 3.63) is 84.9 Å². The summed E-state index contributed by atoms with van der Waals surface area (Å²) in [6.07, 6.45) is 5.02. The normalized spacial score (nSPS) is 13.1. The molecule has 4 aromatic rings. The number of benzene rings is 2. The Hall–Kier alpha value is -2.90. The molecule has 2 aromatic carbocycles. The number of pyridine rings is 1. The van der Waals surface area contributed by atoms with E-state index in [-0.39, 0.29) is 5.82 Å². The summed E-state index contributed by atoms with van der Waals surface area (Å²) in [6, 6.07) is 19.1. The Kier molecular flexibility index (Phi) is 5.02. The maximum Gasteiger partial charge on any atom is 0.162 e. The summed E-state index contributed by atoms with van der Waals surface area (Å²) in [5.74, 6) is 0.132. The number of nitrogens with zero attached hydrogens (tertiary/aromatic N) is 3. The van der Waals surface area contributed by atoms with Gasteiger partial charge in [-0.05, 0) is 54.1 Å². The summed E-state index contributed by atoms with van der Waals surface area (Å²) >= 11 is 1.49. The van der Waals surface area contributed by atoms with Gasteiger partial charge < -0.3 is 0 Å². The van der Waals surface area contributed by atoms with E-state index in [0.717, 1.165) is 21.0 Å². The molecule has 0 radical (unpaired) electrons. The van der Waals surface area contributed by atoms with Crippen LogP contribution in [0, 0.1) is 5.82 Å². The smallest absolute Gasteiger partial charge is 0.162 e. The van der Waals surface area contributed by atoms with Gasteiger partial charge in [0.15, 0.2) is 5.82 Å². The van der Waals surface area contributed by atoms with E-state index in [0.29, 0.717) is 10.7 Å². The van der Waals surface area contributed by atoms with E-state index in [4.69, 9.17) is 0 Å². The lowest BCUT2D eigenvalue weighted by Crippen LogP contribution is -1.96. The van der Waals surface area contributed by atoms with Gasteiger partial charge in [-0.3, -0.25) is 0 Å². The molecule has 1 atom stereocenters. The summed E-state index contributed by atoms with van der Waals surface area (Å²) in [4.78, 5) is 10.3. The van der Waals surface area contributed by atoms with Crippen molar-refractivity contribution in [1.82, 2.24) is 9.97 Å². The van der Waals surface area contributed by atoms with Gasteiger partial charge in [-0.2, -0.15) is 4.36 Å². The molecule has 0 amide bonds. The molecule has 140 valence electrons. The number of rotatable bonds is 4. The van der Waals surface area contributed by atoms with E-state index in [1.807, 2.05) is 24.3 Å². The first-order chi connectivity index (χ1) is 13.5. The summed E-state index contributed by atoms with van der Waals surface area (Å²) in [5.41, 5.74) is 1.75. The van der Waals surface area contributed by atoms with Gasteiger partial charge in [-0.1, -0.05) is 18.2 Å². The zero-order valence-electron chi connectivity index (χ0n) is 14.9. The maximum absolute atomic E-state index is 13.1. The minimum atomic E-state index is -2.59. The second kappa shape index (κ2) is 7.61. The summed E-state index contributed by atoms with van der Waals surface area (Å²) in [6.45, 7) is 0. The Bertz CT molecular complexity index is 1230. The Morgan fingerprint density at radius 3 is 2.46 bits per heavy atom. The molecule has 0 N–H and O–H groups in total. The van der Waals surface area contributed by atoms with Crippen molar-refractivity contribution in [3.63, 3.8) is 0 Å². The number of halogens is 1. The predicted octanol–water partition coefficient (Wildman–Crippen LogP) is 5.80. The van der Waals surface area contributed by atoms with Gasteiger partial charge in [0.2, 0.25) is 0 Å². The quantitative estimate of drug-likeness (QED) is 0.428. The fourth-order valence-corrected chi connectivity index (χ4v) is 4.80. The van der Waals surface area contributed by atoms with Crippen LogP contribution >= 0.6 is 11.3 Å². The molecule has 0 spiro atoms. The van der Waals surface area contributed by atoms with Crippen LogP contribution in [-0.2, 0) is 9.73 Å². The summed E-state index contributed by atoms with van der Waals surface area (Å²) in [7, 11) is -2.59. The van der Waals surface area contributed by atoms with Crippen molar-refractivity contribution >= 4 is 26.9 Å². The van der Waals surface area contributed by atoms with Crippen molar-refractivity contribution in [2.75, 3.05) is 6.26 Å². The molecule has 28 heavy (non-hydrogen) atoms. The van der Waals surface area contributed by atoms with Gasteiger partial charge in [0, 0.05) is 29.1 Å². The van der Waals surface area contributed by atoms with E-state index < -0.39 is 9.73 Å². The zero-order valence-corrected chi connectivity index (χ0v) is 16.6. The van der Waals surface area contributed by atoms with Crippen LogP contribution in [0.3, 0.4) is 0 Å². The minimum Gasteiger partial charge on any atom is -0.245 e. The third-order valence-electron chi connectivity index (χ3n) is 4.08. The minimum absolute atomic E-state index is 0.275. The summed E-state index contributed by atoms with van der Waals surface area (Å²) in [5, 5.41) is 0.800. The SMILES string of the molecule is CS(=O)(=Nc1cc(-c2cnc(-c3ccc(F)cc3)s2)ccn1)c1ccccc1. The van der Waals surface area contributed by atoms with Gasteiger partial charge in [0.25, 0.3) is 0 Å². The fraction of sp³-hybridized carbons (Fsp3) is 0.0476. The molecule has 1 unspecified atom stereocenters. The van der Waals surface area contributed by atoms with Gasteiger partial charge in [-0.25, -0.2) is 18.6 Å². The second-order valence-electron chi connectivity index (χ2n) is 6.15. The van der Waals surface area contributed by atoms with E-state index >= 15 is 0 Å². The molecule has 4 rings (SSSR count). The molecule has 0 saturated carbocycles. The van der Waals surface area contributed by atoms with Crippen LogP contribution in [0.15, 0.2) is 88.4 Å². The molecular formula is C21H16FN3OS2. The number of hydrogen-bond acceptors (Lipinski definition) is 5. The van der Waals surface area contributed by atoms with Gasteiger partial charge in [-0.15, -0.1) is 11.3 Å². The molecule has 0 aliphatic rings. The van der Waals surface area contributed by atoms with Crippen LogP contribution in [0.2, 0.25) is 0 Å². The van der Waals surface area contributed by atoms with Gasteiger partial charge in [0.05, 0.1) is 14.6 Å². The van der Waals surface area contributed by atoms with Crippen molar-refractivity contribution in [3.8, 4) is 21.0 Å². The van der Waals surface area contributed by atoms with E-state index in [1.54, 1.807) is 49.0 Å². The Labute approximate surface area is 166 Å². The highest BCUT2D eigenvalue weighted by Crippen LogP contribution is 2.33. The fourth-order valence-electron chi connectivity index (χ4n) is 2.66. The second-order valence-corrected chi connectivity index (χ2v) is 9.44. The van der Waals surface area contributed by atoms with Gasteiger partial charge in [0.1, 0.15) is 10.8 Å². The third-order valence-corrected chi connectivity index (χ3v) is 6.85. The molecule has 0 fully saturated rings. The van der Waals surface area contributed by atoms with E-state index in [1.165, 1.54) is 23.5 Å². The third kappa shape index (κ3) is 4.00. The Morgan fingerprint density at radius 1 is 0.964 bits per heavy atom. The van der Waals surface area contributed by atoms with Crippen molar-refractivity contribution in [2.24, 2.45) is 4.36 Å². The molecule has 0 aliphatic heterocycles. The molecule has 2 aromatic heterocycles. The molecule has 0 bridgehead atoms. The standard InChI is InChI=1S/C21H16FN3OS2/c1-28(26,18-5-3-2-4-6-18)25-20-13-16(11-12-23-20)19-14-24-21(27-19)15-7-9-17(22)10-8-15/h2-14H,1H3. The molecule has 4 nitrogen and oxygen atoms in total. The van der Waals surface area contributed by atoms with Crippen LogP contribution in [0.4, 0.5) is 10.2 Å². The molecule has 0 saturated heterocycles. The van der Waals surface area contributed by atoms with Gasteiger partial charge >= 0.3 is 0 Å². The molecule has 2 heterocycles. The first-order valence-corrected chi connectivity index (χ1v) is 11.2. The highest BCUT2D eigenvalue weighted by atomic mass is 32.2. The first kappa shape index (κ1) is 18.5. The Morgan fingerprint density at radius 2 is 1.71 bits per heavy atom. The highest BCUT2D eigenvalue weighted by molar-refractivity contribution is 7.93. The van der Waals surface area contributed by atoms with Crippen LogP contribution in [-0.4, -0.2) is 20.4 Å². The molecule has 7 heteroatoms. The monoisotopic (exact) mass is 409 g/mol. The van der Waals surface area contributed by atoms with Crippen LogP contribution in [0.25, 0.3) is 21.0 Å². The highest BCUT2D eigenvalue weighted by Gasteiger charge is 2.10. The van der Waals surface area contributed by atoms with Crippen LogP contribution in [0.1, 0.15) is 0 Å². The zero-order chi connectivity index (χ0) is 19.6. The largest absolute Gasteiger partial charge is 0.245 e. The maximum atomic E-state index is 13.1. The van der Waals surface area contributed by atoms with E-state index in [2.05, 4.69) is 14.3 Å². The van der Waals surface area contributed by atoms with Crippen molar-refractivity contribution < 1.29 is 8.60 Å². The summed E-state index contributed by atoms with van der Waals surface area (Å²) < 4.78 is 30.5. The van der Waals surface area contributed by atoms with Crippen molar-refractivity contribution in [1.29, 1.82) is 0 Å². The van der Waals surface area contributed by atoms with Crippen LogP contribution in [0.5, 0.6) is 0 Å². The first-order valence-electron chi connectivity index (χ1n) is 8.47. The number of aromatic nitrogens is 2. The molecule has 0 aliphatic carbocycles. The lowest BCUT2D eigenvalue weighted by Gasteiger charge is -2.04. The average molecular weight is 410 g/mol. The average Bonchev–Trinajstić information content (AvgIpc) is 3.19. The lowest BCUT2D eigenvalue weighted by atomic mass is 10.2. The predicted molar refractivity (Wildman–Crippen MR) is 112 cm³/mol. The van der Waals surface area contributed by atoms with Crippen LogP contribution < -0.4 is 0 Å².